The summed E-state index contributed by atoms with van der Waals surface area (Å²) in [6, 6.07) is 39.9. The number of carbonyl (C=O) groups is 5. The van der Waals surface area contributed by atoms with Crippen LogP contribution in [0.25, 0.3) is 86.3 Å². The van der Waals surface area contributed by atoms with E-state index < -0.39 is 64.7 Å². The van der Waals surface area contributed by atoms with Crippen LogP contribution in [-0.2, 0) is 91.2 Å². The molecular weight excluding hydrogens is 1760 g/mol. The number of benzene rings is 4. The summed E-state index contributed by atoms with van der Waals surface area (Å²) in [6.45, 7) is 33.3. The zero-order valence-electron chi connectivity index (χ0n) is 78.4. The Kier molecular flexibility index (Phi) is 33.1. The molecule has 8 aromatic heterocycles. The number of aliphatic hydroxyl groups excluding tert-OH is 2. The van der Waals surface area contributed by atoms with Crippen LogP contribution < -0.4 is 18.9 Å². The molecule has 0 radical (unpaired) electrons. The number of aliphatic hydroxyl groups is 2. The molecule has 4 atom stereocenters. The first-order valence-electron chi connectivity index (χ1n) is 45.1. The Morgan fingerprint density at radius 2 is 0.632 bits per heavy atom. The maximum atomic E-state index is 13.2. The molecule has 3 N–H and O–H groups in total. The summed E-state index contributed by atoms with van der Waals surface area (Å²) in [6.07, 6.45) is 18.2. The molecular formula is C106H118N4O19S4. The lowest BCUT2D eigenvalue weighted by atomic mass is 9.91. The van der Waals surface area contributed by atoms with E-state index in [1.807, 2.05) is 188 Å². The van der Waals surface area contributed by atoms with Crippen molar-refractivity contribution in [1.29, 1.82) is 0 Å². The molecule has 4 unspecified atom stereocenters. The highest BCUT2D eigenvalue weighted by atomic mass is 32.1. The molecule has 23 nitrogen and oxygen atoms in total. The van der Waals surface area contributed by atoms with Gasteiger partial charge in [-0.05, 0) is 326 Å². The summed E-state index contributed by atoms with van der Waals surface area (Å²) in [5, 5.41) is 30.7. The third-order valence-electron chi connectivity index (χ3n) is 21.8. The fraction of sp³-hybridized carbons (Fsp3) is 0.387. The van der Waals surface area contributed by atoms with Crippen molar-refractivity contribution in [3.05, 3.63) is 235 Å². The van der Waals surface area contributed by atoms with E-state index in [1.165, 1.54) is 39.6 Å². The number of carbonyl (C=O) groups excluding carboxylic acids is 4. The van der Waals surface area contributed by atoms with Gasteiger partial charge in [0.25, 0.3) is 0 Å². The van der Waals surface area contributed by atoms with E-state index in [4.69, 9.17) is 52.1 Å². The van der Waals surface area contributed by atoms with Gasteiger partial charge in [0.15, 0.2) is 30.7 Å². The van der Waals surface area contributed by atoms with Gasteiger partial charge in [-0.1, -0.05) is 24.3 Å². The van der Waals surface area contributed by atoms with Crippen LogP contribution in [0.2, 0.25) is 0 Å². The summed E-state index contributed by atoms with van der Waals surface area (Å²) >= 11 is 5.87. The molecule has 0 spiro atoms. The predicted molar refractivity (Wildman–Crippen MR) is 521 cm³/mol. The Labute approximate surface area is 794 Å². The van der Waals surface area contributed by atoms with Crippen LogP contribution in [0, 0.1) is 6.92 Å². The van der Waals surface area contributed by atoms with Crippen LogP contribution in [0.15, 0.2) is 171 Å². The van der Waals surface area contributed by atoms with Gasteiger partial charge in [-0.25, -0.2) is 19.2 Å². The Morgan fingerprint density at radius 3 is 0.917 bits per heavy atom. The SMILES string of the molecule is CC(C)(C)OC(C(=O)O)c1c(CO)sc(-c2ccncc2)c1-c1ccc2c(c1)CCCO2.CCOC(=O)C(OC(C)(C)C)c1c(C)sc(-c2ccncc2)c1-c1ccc2c(c1)CCCO2.CCOC(=O)C(OC(C)(C)C)c1c(C=O)sc(-c2ccncc2)c1-c1ccc2c(c1)CCCO2.CCOC(=O)C(OC(C)(C)C)c1c(CO)sc(-c2ccncc2)c1-c1ccc2c(c1)CCCO2. The quantitative estimate of drug-likeness (QED) is 0.0258. The number of pyridine rings is 4. The molecule has 700 valence electrons. The van der Waals surface area contributed by atoms with E-state index in [9.17, 15) is 39.3 Å². The van der Waals surface area contributed by atoms with Gasteiger partial charge in [0.1, 0.15) is 23.0 Å². The van der Waals surface area contributed by atoms with Gasteiger partial charge >= 0.3 is 23.9 Å². The summed E-state index contributed by atoms with van der Waals surface area (Å²) in [7, 11) is 0. The van der Waals surface area contributed by atoms with Crippen molar-refractivity contribution in [2.24, 2.45) is 0 Å². The molecule has 0 fully saturated rings. The molecule has 0 saturated heterocycles. The molecule has 27 heteroatoms. The Balaban J connectivity index is 0.000000151. The number of carboxylic acid groups (broad SMARTS) is 1. The molecule has 0 saturated carbocycles. The number of hydrogen-bond donors (Lipinski definition) is 3. The van der Waals surface area contributed by atoms with Gasteiger partial charge in [-0.3, -0.25) is 24.7 Å². The Morgan fingerprint density at radius 1 is 0.368 bits per heavy atom. The molecule has 4 aliphatic heterocycles. The van der Waals surface area contributed by atoms with Crippen molar-refractivity contribution in [2.45, 2.75) is 222 Å². The van der Waals surface area contributed by atoms with Crippen LogP contribution in [0.5, 0.6) is 23.0 Å². The number of ether oxygens (including phenoxy) is 11. The average molecular weight is 1880 g/mol. The van der Waals surface area contributed by atoms with Gasteiger partial charge < -0.3 is 67.4 Å². The van der Waals surface area contributed by atoms with Crippen molar-refractivity contribution in [2.75, 3.05) is 46.2 Å². The van der Waals surface area contributed by atoms with Crippen molar-refractivity contribution in [1.82, 2.24) is 19.9 Å². The normalized spacial score (nSPS) is 14.3. The summed E-state index contributed by atoms with van der Waals surface area (Å²) < 4.78 is 64.4. The molecule has 4 aliphatic rings. The minimum absolute atomic E-state index is 0.213. The van der Waals surface area contributed by atoms with Crippen LogP contribution >= 0.6 is 45.3 Å². The second-order valence-corrected chi connectivity index (χ2v) is 40.6. The molecule has 0 bridgehead atoms. The van der Waals surface area contributed by atoms with Gasteiger partial charge in [-0.15, -0.1) is 45.3 Å². The highest BCUT2D eigenvalue weighted by molar-refractivity contribution is 7.18. The van der Waals surface area contributed by atoms with E-state index >= 15 is 0 Å². The number of nitrogens with zero attached hydrogens (tertiary/aromatic N) is 4. The minimum atomic E-state index is -1.22. The number of hydrogen-bond acceptors (Lipinski definition) is 26. The van der Waals surface area contributed by atoms with E-state index in [-0.39, 0.29) is 32.4 Å². The largest absolute Gasteiger partial charge is 0.493 e. The monoisotopic (exact) mass is 1880 g/mol. The fourth-order valence-electron chi connectivity index (χ4n) is 16.5. The molecule has 12 heterocycles. The zero-order chi connectivity index (χ0) is 95.1. The van der Waals surface area contributed by atoms with Crippen LogP contribution in [0.1, 0.15) is 223 Å². The van der Waals surface area contributed by atoms with Crippen molar-refractivity contribution < 1.29 is 91.4 Å². The summed E-state index contributed by atoms with van der Waals surface area (Å²) in [5.41, 5.74) is 15.8. The van der Waals surface area contributed by atoms with Crippen LogP contribution in [0.4, 0.5) is 0 Å². The van der Waals surface area contributed by atoms with Crippen molar-refractivity contribution in [3.8, 4) is 109 Å². The molecule has 133 heavy (non-hydrogen) atoms. The van der Waals surface area contributed by atoms with E-state index in [2.05, 4.69) is 50.3 Å². The number of fused-ring (bicyclic) bond motifs is 4. The number of aliphatic carboxylic acids is 1. The second-order valence-electron chi connectivity index (χ2n) is 36.2. The minimum Gasteiger partial charge on any atom is -0.493 e. The second kappa shape index (κ2) is 44.3. The van der Waals surface area contributed by atoms with Gasteiger partial charge in [0, 0.05) is 128 Å². The third kappa shape index (κ3) is 24.5. The topological polar surface area (TPSA) is 299 Å². The van der Waals surface area contributed by atoms with Gasteiger partial charge in [0.2, 0.25) is 0 Å². The highest BCUT2D eigenvalue weighted by Gasteiger charge is 2.41. The van der Waals surface area contributed by atoms with E-state index in [1.54, 1.807) is 74.8 Å². The number of thiophene rings is 4. The third-order valence-corrected chi connectivity index (χ3v) is 26.6. The molecule has 4 aromatic carbocycles. The molecule has 0 aliphatic carbocycles. The molecule has 0 amide bonds. The lowest BCUT2D eigenvalue weighted by Crippen LogP contribution is -2.29. The van der Waals surface area contributed by atoms with Crippen molar-refractivity contribution in [3.63, 3.8) is 0 Å². The Bertz CT molecular complexity index is 6040. The first-order chi connectivity index (χ1) is 63.7. The zero-order valence-corrected chi connectivity index (χ0v) is 81.6. The van der Waals surface area contributed by atoms with Crippen LogP contribution in [0.3, 0.4) is 0 Å². The first kappa shape index (κ1) is 99.3. The number of esters is 3. The standard InChI is InChI=1S/C27H31NO5S.C27H29NO5S.C27H31NO4S.C25H27NO5S/c2*1-5-31-26(30)24(33-27(2,3)4)23-21(16-29)34-25(17-10-12-28-13-11-17)22(23)19-8-9-20-18(15-19)7-6-14-32-20;1-6-30-26(29)24(32-27(3,4)5)22-17(2)33-25(18-11-13-28-14-12-18)23(22)20-9-10-21-19(16-20)8-7-15-31-21;1-25(2,3)31-22(24(28)29)21-19(14-27)32-23(15-8-10-26-11-9-15)20(21)17-6-7-18-16(13-17)5-4-12-30-18/h8-13,15,24,29H,5-7,14,16H2,1-4H3;8-13,15-16,24H,5-7,14H2,1-4H3;9-14,16,24H,6-8,15H2,1-5H3;6-11,13,22,27H,4-5,12,14H2,1-3H3,(H,28,29). The highest BCUT2D eigenvalue weighted by Crippen LogP contribution is 2.54. The molecule has 12 aromatic rings. The summed E-state index contributed by atoms with van der Waals surface area (Å²) in [4.78, 5) is 87.3. The first-order valence-corrected chi connectivity index (χ1v) is 48.4. The van der Waals surface area contributed by atoms with Crippen molar-refractivity contribution >= 4 is 75.5 Å². The smallest absolute Gasteiger partial charge is 0.340 e. The maximum Gasteiger partial charge on any atom is 0.340 e. The van der Waals surface area contributed by atoms with Crippen LogP contribution in [-0.4, -0.2) is 134 Å². The number of aryl methyl sites for hydroxylation is 5. The van der Waals surface area contributed by atoms with Gasteiger partial charge in [0.05, 0.1) is 86.7 Å². The summed E-state index contributed by atoms with van der Waals surface area (Å²) in [5.74, 6) is 1.15. The maximum absolute atomic E-state index is 13.2. The molecule has 16 rings (SSSR count). The fourth-order valence-corrected chi connectivity index (χ4v) is 21.3. The predicted octanol–water partition coefficient (Wildman–Crippen LogP) is 23.5. The number of carboxylic acids is 1. The number of aldehydes is 1. The number of rotatable bonds is 26. The van der Waals surface area contributed by atoms with E-state index in [0.717, 1.165) is 207 Å². The van der Waals surface area contributed by atoms with E-state index in [0.29, 0.717) is 51.1 Å². The average Bonchev–Trinajstić information content (AvgIpc) is 1.70. The van der Waals surface area contributed by atoms with Gasteiger partial charge in [-0.2, -0.15) is 0 Å². The Hall–Kier alpha value is -11.2. The lowest BCUT2D eigenvalue weighted by molar-refractivity contribution is -0.167. The number of aromatic nitrogens is 4. The lowest BCUT2D eigenvalue weighted by Gasteiger charge is -2.28.